The molecule has 3 aromatic rings. The maximum absolute atomic E-state index is 14.0. The summed E-state index contributed by atoms with van der Waals surface area (Å²) in [6, 6.07) is 16.0. The van der Waals surface area contributed by atoms with Crippen LogP contribution < -0.4 is 14.8 Å². The molecule has 8 nitrogen and oxygen atoms in total. The van der Waals surface area contributed by atoms with Crippen LogP contribution in [0.5, 0.6) is 11.5 Å². The first-order valence-corrected chi connectivity index (χ1v) is 13.2. The van der Waals surface area contributed by atoms with Gasteiger partial charge in [-0.2, -0.15) is 0 Å². The van der Waals surface area contributed by atoms with Crippen LogP contribution >= 0.6 is 0 Å². The van der Waals surface area contributed by atoms with Crippen molar-refractivity contribution < 1.29 is 54.9 Å². The van der Waals surface area contributed by atoms with Crippen LogP contribution in [0.2, 0.25) is 0 Å². The maximum atomic E-state index is 14.0. The van der Waals surface area contributed by atoms with Crippen LogP contribution in [0, 0.1) is 0 Å². The molecular weight excluding hydrogens is 598 g/mol. The highest BCUT2D eigenvalue weighted by Crippen LogP contribution is 2.39. The summed E-state index contributed by atoms with van der Waals surface area (Å²) in [7, 11) is 2.55. The number of ether oxygens (including phenoxy) is 4. The highest BCUT2D eigenvalue weighted by molar-refractivity contribution is 5.85. The van der Waals surface area contributed by atoms with Gasteiger partial charge in [-0.05, 0) is 41.0 Å². The van der Waals surface area contributed by atoms with Crippen molar-refractivity contribution in [2.24, 2.45) is 0 Å². The number of benzene rings is 3. The van der Waals surface area contributed by atoms with Crippen LogP contribution in [0.1, 0.15) is 23.1 Å². The van der Waals surface area contributed by atoms with Crippen molar-refractivity contribution >= 4 is 12.0 Å². The lowest BCUT2D eigenvalue weighted by atomic mass is 9.77. The number of nitrogens with one attached hydrogen (secondary N) is 1. The Morgan fingerprint density at radius 2 is 1.36 bits per heavy atom. The van der Waals surface area contributed by atoms with Crippen LogP contribution in [0.3, 0.4) is 0 Å². The summed E-state index contributed by atoms with van der Waals surface area (Å²) in [6.45, 7) is -0.0437. The molecule has 44 heavy (non-hydrogen) atoms. The van der Waals surface area contributed by atoms with E-state index in [0.717, 1.165) is 36.3 Å². The van der Waals surface area contributed by atoms with Crippen molar-refractivity contribution in [2.75, 3.05) is 20.8 Å². The van der Waals surface area contributed by atoms with Crippen molar-refractivity contribution in [1.29, 1.82) is 0 Å². The lowest BCUT2D eigenvalue weighted by molar-refractivity contribution is -0.275. The number of esters is 1. The Balaban J connectivity index is 1.92. The van der Waals surface area contributed by atoms with E-state index in [0.29, 0.717) is 5.56 Å². The molecule has 2 atom stereocenters. The summed E-state index contributed by atoms with van der Waals surface area (Å²) in [6.07, 6.45) is -10.7. The summed E-state index contributed by atoms with van der Waals surface area (Å²) in [5.41, 5.74) is -1.17. The average Bonchev–Trinajstić information content (AvgIpc) is 3.40. The molecular formula is C30H28F6N2O6. The Labute approximate surface area is 248 Å². The number of halogens is 6. The van der Waals surface area contributed by atoms with Gasteiger partial charge in [0.15, 0.2) is 0 Å². The van der Waals surface area contributed by atoms with Gasteiger partial charge in [-0.3, -0.25) is 0 Å². The molecule has 1 fully saturated rings. The first-order valence-electron chi connectivity index (χ1n) is 13.2. The Hall–Kier alpha value is -4.46. The zero-order valence-corrected chi connectivity index (χ0v) is 23.4. The molecule has 3 aromatic carbocycles. The third-order valence-corrected chi connectivity index (χ3v) is 7.08. The minimum atomic E-state index is -5.05. The normalized spacial score (nSPS) is 17.2. The van der Waals surface area contributed by atoms with Gasteiger partial charge in [-0.25, -0.2) is 9.59 Å². The van der Waals surface area contributed by atoms with Crippen molar-refractivity contribution in [1.82, 2.24) is 10.2 Å². The first kappa shape index (κ1) is 32.5. The molecule has 2 amide bonds. The van der Waals surface area contributed by atoms with Gasteiger partial charge < -0.3 is 29.2 Å². The zero-order chi connectivity index (χ0) is 32.1. The van der Waals surface area contributed by atoms with Gasteiger partial charge in [-0.1, -0.05) is 54.6 Å². The van der Waals surface area contributed by atoms with Gasteiger partial charge in [0.05, 0.1) is 18.8 Å². The predicted molar refractivity (Wildman–Crippen MR) is 144 cm³/mol. The van der Waals surface area contributed by atoms with E-state index < -0.39 is 53.9 Å². The van der Waals surface area contributed by atoms with E-state index in [1.165, 1.54) is 31.4 Å². The van der Waals surface area contributed by atoms with Crippen LogP contribution in [-0.4, -0.2) is 62.5 Å². The smallest absolute Gasteiger partial charge is 0.467 e. The number of urea groups is 1. The lowest BCUT2D eigenvalue weighted by Gasteiger charge is -2.38. The molecule has 1 aliphatic heterocycles. The molecule has 1 saturated heterocycles. The third-order valence-electron chi connectivity index (χ3n) is 7.08. The first-order chi connectivity index (χ1) is 20.7. The second-order valence-electron chi connectivity index (χ2n) is 9.93. The second kappa shape index (κ2) is 13.0. The number of nitrogens with zero attached hydrogens (tertiary/aromatic N) is 1. The predicted octanol–water partition coefficient (Wildman–Crippen LogP) is 5.94. The van der Waals surface area contributed by atoms with E-state index >= 15 is 0 Å². The molecule has 4 rings (SSSR count). The fraction of sp³-hybridized carbons (Fsp3) is 0.333. The molecule has 1 heterocycles. The number of rotatable bonds is 9. The number of carbonyl (C=O) groups excluding carboxylic acids is 2. The molecule has 0 unspecified atom stereocenters. The molecule has 1 aliphatic rings. The highest BCUT2D eigenvalue weighted by Gasteiger charge is 2.45. The zero-order valence-electron chi connectivity index (χ0n) is 23.4. The van der Waals surface area contributed by atoms with E-state index in [2.05, 4.69) is 14.8 Å². The van der Waals surface area contributed by atoms with E-state index in [1.807, 2.05) is 0 Å². The molecule has 0 radical (unpaired) electrons. The molecule has 0 spiro atoms. The number of hydrogen-bond acceptors (Lipinski definition) is 6. The van der Waals surface area contributed by atoms with Crippen LogP contribution in [0.15, 0.2) is 78.9 Å². The van der Waals surface area contributed by atoms with Crippen LogP contribution in [-0.2, 0) is 26.2 Å². The molecule has 236 valence electrons. The summed E-state index contributed by atoms with van der Waals surface area (Å²) >= 11 is 0. The fourth-order valence-electron chi connectivity index (χ4n) is 5.19. The number of alkyl halides is 6. The molecule has 14 heteroatoms. The van der Waals surface area contributed by atoms with E-state index in [9.17, 15) is 35.9 Å². The van der Waals surface area contributed by atoms with Crippen molar-refractivity contribution in [3.8, 4) is 11.5 Å². The standard InChI is InChI=1S/C30H28F6N2O6/c1-41-24-16-25(26(39)42-2)38(18-24)27(40)37-28(17-19-8-4-3-5-9-19,20-10-6-12-22(14-20)43-29(31,32)33)21-11-7-13-23(15-21)44-30(34,35)36/h3-15,24-25H,16-18H2,1-2H3,(H,37,40)/t24-,25+/m1/s1. The topological polar surface area (TPSA) is 86.3 Å². The van der Waals surface area contributed by atoms with E-state index in [4.69, 9.17) is 9.47 Å². The Kier molecular flexibility index (Phi) is 9.62. The van der Waals surface area contributed by atoms with Gasteiger partial charge in [0.2, 0.25) is 0 Å². The number of likely N-dealkylation sites (tertiary alicyclic amines) is 1. The van der Waals surface area contributed by atoms with Gasteiger partial charge in [0, 0.05) is 26.5 Å². The van der Waals surface area contributed by atoms with Crippen molar-refractivity contribution in [3.63, 3.8) is 0 Å². The quantitative estimate of drug-likeness (QED) is 0.234. The Morgan fingerprint density at radius 1 is 0.818 bits per heavy atom. The third kappa shape index (κ3) is 7.92. The summed E-state index contributed by atoms with van der Waals surface area (Å²) < 4.78 is 97.8. The summed E-state index contributed by atoms with van der Waals surface area (Å²) in [5, 5.41) is 2.84. The second-order valence-corrected chi connectivity index (χ2v) is 9.93. The number of hydrogen-bond donors (Lipinski definition) is 1. The minimum absolute atomic E-state index is 0.0396. The molecule has 0 aliphatic carbocycles. The maximum Gasteiger partial charge on any atom is 0.573 e. The minimum Gasteiger partial charge on any atom is -0.467 e. The molecule has 0 aromatic heterocycles. The molecule has 0 saturated carbocycles. The largest absolute Gasteiger partial charge is 0.573 e. The fourth-order valence-corrected chi connectivity index (χ4v) is 5.19. The average molecular weight is 627 g/mol. The SMILES string of the molecule is COC(=O)[C@@H]1C[C@@H](OC)CN1C(=O)NC(Cc1ccccc1)(c1cccc(OC(F)(F)F)c1)c1cccc(OC(F)(F)F)c1. The summed E-state index contributed by atoms with van der Waals surface area (Å²) in [4.78, 5) is 27.8. The van der Waals surface area contributed by atoms with Gasteiger partial charge in [-0.15, -0.1) is 26.3 Å². The van der Waals surface area contributed by atoms with Gasteiger partial charge in [0.1, 0.15) is 17.5 Å². The van der Waals surface area contributed by atoms with Crippen molar-refractivity contribution in [3.05, 3.63) is 95.6 Å². The van der Waals surface area contributed by atoms with Crippen molar-refractivity contribution in [2.45, 2.75) is 43.3 Å². The Morgan fingerprint density at radius 3 is 1.84 bits per heavy atom. The molecule has 0 bridgehead atoms. The van der Waals surface area contributed by atoms with Gasteiger partial charge in [0.25, 0.3) is 0 Å². The van der Waals surface area contributed by atoms with Crippen LogP contribution in [0.4, 0.5) is 31.1 Å². The Bertz CT molecular complexity index is 1390. The molecule has 1 N–H and O–H groups in total. The number of amides is 2. The monoisotopic (exact) mass is 626 g/mol. The summed E-state index contributed by atoms with van der Waals surface area (Å²) in [5.74, 6) is -1.98. The van der Waals surface area contributed by atoms with Crippen LogP contribution in [0.25, 0.3) is 0 Å². The van der Waals surface area contributed by atoms with E-state index in [-0.39, 0.29) is 30.5 Å². The van der Waals surface area contributed by atoms with E-state index in [1.54, 1.807) is 30.3 Å². The van der Waals surface area contributed by atoms with Gasteiger partial charge >= 0.3 is 24.7 Å². The number of carbonyl (C=O) groups is 2. The number of methoxy groups -OCH3 is 2. The lowest BCUT2D eigenvalue weighted by Crippen LogP contribution is -2.55. The highest BCUT2D eigenvalue weighted by atomic mass is 19.4.